The van der Waals surface area contributed by atoms with Crippen molar-refractivity contribution in [2.45, 2.75) is 58.5 Å². The molecule has 3 aromatic rings. The van der Waals surface area contributed by atoms with Gasteiger partial charge < -0.3 is 20.7 Å². The van der Waals surface area contributed by atoms with E-state index in [2.05, 4.69) is 41.0 Å². The van der Waals surface area contributed by atoms with Crippen LogP contribution in [0.3, 0.4) is 0 Å². The second-order valence-corrected chi connectivity index (χ2v) is 9.83. The Balaban J connectivity index is 0.00000289. The van der Waals surface area contributed by atoms with Gasteiger partial charge in [-0.25, -0.2) is 4.98 Å². The Morgan fingerprint density at radius 2 is 2.00 bits per heavy atom. The maximum Gasteiger partial charge on any atom is 0.251 e. The van der Waals surface area contributed by atoms with Crippen LogP contribution in [0.15, 0.2) is 30.5 Å². The summed E-state index contributed by atoms with van der Waals surface area (Å²) in [5.41, 5.74) is 4.40. The maximum atomic E-state index is 12.6. The lowest BCUT2D eigenvalue weighted by molar-refractivity contribution is 0.0699. The van der Waals surface area contributed by atoms with Gasteiger partial charge in [0.15, 0.2) is 5.65 Å². The van der Waals surface area contributed by atoms with Crippen molar-refractivity contribution in [1.82, 2.24) is 19.9 Å². The van der Waals surface area contributed by atoms with E-state index in [0.717, 1.165) is 85.0 Å². The molecule has 2 aliphatic rings. The molecule has 2 fully saturated rings. The molecule has 5 rings (SSSR count). The first-order valence-electron chi connectivity index (χ1n) is 12.4. The van der Waals surface area contributed by atoms with E-state index in [-0.39, 0.29) is 13.4 Å². The summed E-state index contributed by atoms with van der Waals surface area (Å²) in [4.78, 5) is 17.4. The van der Waals surface area contributed by atoms with Gasteiger partial charge in [0.1, 0.15) is 11.6 Å². The summed E-state index contributed by atoms with van der Waals surface area (Å²) in [5.74, 6) is 2.33. The van der Waals surface area contributed by atoms with E-state index in [1.807, 2.05) is 35.8 Å². The minimum atomic E-state index is 0. The fourth-order valence-electron chi connectivity index (χ4n) is 4.44. The Hall–Kier alpha value is -3.13. The fourth-order valence-corrected chi connectivity index (χ4v) is 4.44. The molecule has 1 aliphatic heterocycles. The van der Waals surface area contributed by atoms with Gasteiger partial charge in [0.2, 0.25) is 0 Å². The van der Waals surface area contributed by atoms with Gasteiger partial charge in [-0.1, -0.05) is 12.1 Å². The minimum absolute atomic E-state index is 0. The zero-order chi connectivity index (χ0) is 23.7. The first-order chi connectivity index (χ1) is 16.5. The van der Waals surface area contributed by atoms with Crippen LogP contribution in [0.25, 0.3) is 16.8 Å². The predicted molar refractivity (Wildman–Crippen MR) is 137 cm³/mol. The van der Waals surface area contributed by atoms with E-state index in [4.69, 9.17) is 9.72 Å². The molecule has 0 spiro atoms. The van der Waals surface area contributed by atoms with Crippen LogP contribution in [0.2, 0.25) is 0 Å². The Morgan fingerprint density at radius 3 is 2.71 bits per heavy atom. The standard InChI is InChI=1S/C26H34N6O2.H2/c1-16(2)29-23-13-24(27-14-18-8-10-34-11-9-18)32-25(31-23)22(15-28-32)19-4-7-21(17(3)12-19)26(33)30-20-5-6-20;/h4,7,12-13,15-16,18,20,27H,5-6,8-11,14H2,1-3H3,(H,29,31)(H,30,33);1H. The second kappa shape index (κ2) is 9.62. The first kappa shape index (κ1) is 22.7. The quantitative estimate of drug-likeness (QED) is 0.455. The zero-order valence-corrected chi connectivity index (χ0v) is 20.2. The zero-order valence-electron chi connectivity index (χ0n) is 20.2. The number of carbonyl (C=O) groups excluding carboxylic acids is 1. The third-order valence-corrected chi connectivity index (χ3v) is 6.52. The number of carbonyl (C=O) groups is 1. The van der Waals surface area contributed by atoms with Crippen LogP contribution >= 0.6 is 0 Å². The lowest BCUT2D eigenvalue weighted by atomic mass is 10.0. The number of benzene rings is 1. The highest BCUT2D eigenvalue weighted by Gasteiger charge is 2.24. The van der Waals surface area contributed by atoms with Crippen molar-refractivity contribution < 1.29 is 11.0 Å². The number of ether oxygens (including phenoxy) is 1. The van der Waals surface area contributed by atoms with Crippen molar-refractivity contribution in [3.8, 4) is 11.1 Å². The van der Waals surface area contributed by atoms with Crippen LogP contribution in [0.4, 0.5) is 11.6 Å². The molecule has 1 aliphatic carbocycles. The Bertz CT molecular complexity index is 1180. The van der Waals surface area contributed by atoms with Gasteiger partial charge in [0.25, 0.3) is 5.91 Å². The Labute approximate surface area is 202 Å². The molecule has 1 amide bonds. The average Bonchev–Trinajstić information content (AvgIpc) is 3.53. The number of nitrogens with zero attached hydrogens (tertiary/aromatic N) is 3. The number of anilines is 2. The molecule has 1 aromatic carbocycles. The van der Waals surface area contributed by atoms with E-state index in [9.17, 15) is 4.79 Å². The topological polar surface area (TPSA) is 92.6 Å². The van der Waals surface area contributed by atoms with Gasteiger partial charge in [0.05, 0.1) is 6.20 Å². The number of rotatable bonds is 8. The summed E-state index contributed by atoms with van der Waals surface area (Å²) in [6.45, 7) is 8.73. The van der Waals surface area contributed by atoms with E-state index in [1.54, 1.807) is 0 Å². The van der Waals surface area contributed by atoms with Crippen molar-refractivity contribution >= 4 is 23.2 Å². The molecule has 0 unspecified atom stereocenters. The van der Waals surface area contributed by atoms with Gasteiger partial charge in [-0.2, -0.15) is 9.61 Å². The molecule has 0 atom stereocenters. The number of nitrogens with one attached hydrogen (secondary N) is 3. The summed E-state index contributed by atoms with van der Waals surface area (Å²) in [5, 5.41) is 14.8. The number of aryl methyl sites for hydroxylation is 1. The van der Waals surface area contributed by atoms with Crippen LogP contribution in [-0.2, 0) is 4.74 Å². The average molecular weight is 465 g/mol. The maximum absolute atomic E-state index is 12.6. The Kier molecular flexibility index (Phi) is 6.41. The summed E-state index contributed by atoms with van der Waals surface area (Å²) < 4.78 is 7.38. The van der Waals surface area contributed by atoms with Crippen molar-refractivity contribution in [3.05, 3.63) is 41.6 Å². The van der Waals surface area contributed by atoms with Gasteiger partial charge in [-0.05, 0) is 69.6 Å². The number of fused-ring (bicyclic) bond motifs is 1. The van der Waals surface area contributed by atoms with Gasteiger partial charge in [0, 0.05) is 50.5 Å². The van der Waals surface area contributed by atoms with E-state index in [0.29, 0.717) is 12.0 Å². The molecule has 34 heavy (non-hydrogen) atoms. The summed E-state index contributed by atoms with van der Waals surface area (Å²) in [6.07, 6.45) is 6.16. The largest absolute Gasteiger partial charge is 0.381 e. The van der Waals surface area contributed by atoms with Crippen LogP contribution in [0.5, 0.6) is 0 Å². The molecule has 8 nitrogen and oxygen atoms in total. The molecule has 2 aromatic heterocycles. The highest BCUT2D eigenvalue weighted by Crippen LogP contribution is 2.29. The molecule has 0 radical (unpaired) electrons. The molecule has 1 saturated carbocycles. The normalized spacial score (nSPS) is 16.7. The van der Waals surface area contributed by atoms with Crippen molar-refractivity contribution in [3.63, 3.8) is 0 Å². The summed E-state index contributed by atoms with van der Waals surface area (Å²) in [7, 11) is 0. The highest BCUT2D eigenvalue weighted by molar-refractivity contribution is 5.97. The monoisotopic (exact) mass is 464 g/mol. The molecule has 1 saturated heterocycles. The van der Waals surface area contributed by atoms with E-state index >= 15 is 0 Å². The predicted octanol–water partition coefficient (Wildman–Crippen LogP) is 4.50. The molecule has 3 N–H and O–H groups in total. The lowest BCUT2D eigenvalue weighted by Gasteiger charge is -2.23. The van der Waals surface area contributed by atoms with Gasteiger partial charge in [-0.3, -0.25) is 4.79 Å². The smallest absolute Gasteiger partial charge is 0.251 e. The van der Waals surface area contributed by atoms with E-state index in [1.165, 1.54) is 0 Å². The summed E-state index contributed by atoms with van der Waals surface area (Å²) in [6, 6.07) is 8.58. The minimum Gasteiger partial charge on any atom is -0.381 e. The van der Waals surface area contributed by atoms with Crippen molar-refractivity contribution in [2.24, 2.45) is 5.92 Å². The molecule has 8 heteroatoms. The molecular formula is C26H36N6O2. The van der Waals surface area contributed by atoms with Crippen LogP contribution in [0.1, 0.15) is 56.9 Å². The number of hydrogen-bond donors (Lipinski definition) is 3. The van der Waals surface area contributed by atoms with Crippen molar-refractivity contribution in [1.29, 1.82) is 0 Å². The molecule has 0 bridgehead atoms. The van der Waals surface area contributed by atoms with E-state index < -0.39 is 0 Å². The number of hydrogen-bond acceptors (Lipinski definition) is 6. The SMILES string of the molecule is Cc1cc(-c2cnn3c(NCC4CCOCC4)cc(NC(C)C)nc23)ccc1C(=O)NC1CC1.[HH]. The second-order valence-electron chi connectivity index (χ2n) is 9.83. The van der Waals surface area contributed by atoms with Crippen LogP contribution < -0.4 is 16.0 Å². The van der Waals surface area contributed by atoms with Gasteiger partial charge >= 0.3 is 0 Å². The van der Waals surface area contributed by atoms with Crippen LogP contribution in [-0.4, -0.2) is 52.3 Å². The summed E-state index contributed by atoms with van der Waals surface area (Å²) >= 11 is 0. The first-order valence-corrected chi connectivity index (χ1v) is 12.4. The fraction of sp³-hybridized carbons (Fsp3) is 0.500. The number of amides is 1. The lowest BCUT2D eigenvalue weighted by Crippen LogP contribution is -2.26. The molecule has 182 valence electrons. The molecule has 3 heterocycles. The van der Waals surface area contributed by atoms with Gasteiger partial charge in [-0.15, -0.1) is 0 Å². The van der Waals surface area contributed by atoms with Crippen molar-refractivity contribution in [2.75, 3.05) is 30.4 Å². The third-order valence-electron chi connectivity index (χ3n) is 6.52. The third kappa shape index (κ3) is 5.01. The Morgan fingerprint density at radius 1 is 1.21 bits per heavy atom. The number of aromatic nitrogens is 3. The van der Waals surface area contributed by atoms with Crippen LogP contribution in [0, 0.1) is 12.8 Å². The molecular weight excluding hydrogens is 428 g/mol. The highest BCUT2D eigenvalue weighted by atomic mass is 16.5.